The van der Waals surface area contributed by atoms with E-state index < -0.39 is 0 Å². The normalized spacial score (nSPS) is 9.08. The van der Waals surface area contributed by atoms with E-state index in [-0.39, 0.29) is 12.4 Å². The van der Waals surface area contributed by atoms with Crippen LogP contribution >= 0.6 is 0 Å². The van der Waals surface area contributed by atoms with Crippen LogP contribution in [0.2, 0.25) is 0 Å². The Hall–Kier alpha value is -1.53. The Balaban J connectivity index is 2.89. The summed E-state index contributed by atoms with van der Waals surface area (Å²) in [5.41, 5.74) is 6.46. The van der Waals surface area contributed by atoms with Gasteiger partial charge in [0.1, 0.15) is 5.82 Å². The van der Waals surface area contributed by atoms with Gasteiger partial charge in [-0.25, -0.2) is 4.39 Å². The number of benzene rings is 1. The van der Waals surface area contributed by atoms with E-state index in [1.165, 1.54) is 18.2 Å². The summed E-state index contributed by atoms with van der Waals surface area (Å²) in [6.45, 7) is 0.00220. The maximum Gasteiger partial charge on any atom is 0.124 e. The molecule has 13 heavy (non-hydrogen) atoms. The summed E-state index contributed by atoms with van der Waals surface area (Å²) in [5, 5.41) is 8.46. The first-order valence-corrected chi connectivity index (χ1v) is 3.89. The first kappa shape index (κ1) is 9.56. The smallest absolute Gasteiger partial charge is 0.124 e. The van der Waals surface area contributed by atoms with Gasteiger partial charge in [-0.05, 0) is 18.2 Å². The average molecular weight is 179 g/mol. The zero-order valence-corrected chi connectivity index (χ0v) is 7.05. The fourth-order valence-electron chi connectivity index (χ4n) is 0.850. The van der Waals surface area contributed by atoms with Crippen LogP contribution in [0.25, 0.3) is 0 Å². The lowest BCUT2D eigenvalue weighted by Crippen LogP contribution is -1.90. The van der Waals surface area contributed by atoms with E-state index in [1.807, 2.05) is 0 Å². The summed E-state index contributed by atoms with van der Waals surface area (Å²) in [7, 11) is 0. The van der Waals surface area contributed by atoms with E-state index in [4.69, 9.17) is 10.8 Å². The molecule has 0 bridgehead atoms. The Bertz CT molecular complexity index is 352. The van der Waals surface area contributed by atoms with Crippen LogP contribution in [0.15, 0.2) is 18.2 Å². The summed E-state index contributed by atoms with van der Waals surface area (Å²) >= 11 is 0. The molecule has 1 rings (SSSR count). The number of aliphatic hydroxyl groups is 1. The molecule has 0 radical (unpaired) electrons. The third-order valence-corrected chi connectivity index (χ3v) is 1.48. The van der Waals surface area contributed by atoms with Gasteiger partial charge in [-0.15, -0.1) is 0 Å². The van der Waals surface area contributed by atoms with Crippen molar-refractivity contribution in [2.24, 2.45) is 0 Å². The predicted octanol–water partition coefficient (Wildman–Crippen LogP) is 1.14. The maximum absolute atomic E-state index is 12.7. The molecule has 0 aliphatic heterocycles. The third-order valence-electron chi connectivity index (χ3n) is 1.48. The number of nitrogens with two attached hydrogens (primary N) is 1. The molecule has 1 aromatic rings. The lowest BCUT2D eigenvalue weighted by atomic mass is 10.2. The largest absolute Gasteiger partial charge is 0.398 e. The van der Waals surface area contributed by atoms with Gasteiger partial charge in [-0.2, -0.15) is 0 Å². The molecule has 0 saturated heterocycles. The zero-order valence-electron chi connectivity index (χ0n) is 7.05. The molecule has 0 saturated carbocycles. The Kier molecular flexibility index (Phi) is 3.30. The van der Waals surface area contributed by atoms with Crippen LogP contribution in [0.1, 0.15) is 12.0 Å². The number of hydrogen-bond acceptors (Lipinski definition) is 2. The van der Waals surface area contributed by atoms with Crippen LogP contribution in [0.5, 0.6) is 0 Å². The second kappa shape index (κ2) is 4.48. The van der Waals surface area contributed by atoms with E-state index in [0.29, 0.717) is 17.7 Å². The quantitative estimate of drug-likeness (QED) is 0.501. The van der Waals surface area contributed by atoms with Crippen molar-refractivity contribution in [1.82, 2.24) is 0 Å². The van der Waals surface area contributed by atoms with Crippen LogP contribution in [-0.4, -0.2) is 11.7 Å². The first-order chi connectivity index (χ1) is 6.24. The Morgan fingerprint density at radius 2 is 2.23 bits per heavy atom. The SMILES string of the molecule is Nc1ccc(F)cc1C#CCCO. The highest BCUT2D eigenvalue weighted by Crippen LogP contribution is 2.11. The molecule has 1 aromatic carbocycles. The highest BCUT2D eigenvalue weighted by Gasteiger charge is 1.96. The first-order valence-electron chi connectivity index (χ1n) is 3.89. The van der Waals surface area contributed by atoms with Gasteiger partial charge in [0, 0.05) is 12.1 Å². The number of nitrogen functional groups attached to an aromatic ring is 1. The molecule has 0 atom stereocenters. The van der Waals surface area contributed by atoms with Gasteiger partial charge in [0.05, 0.1) is 12.2 Å². The molecule has 3 heteroatoms. The third kappa shape index (κ3) is 2.77. The Morgan fingerprint density at radius 1 is 1.46 bits per heavy atom. The molecule has 0 aromatic heterocycles. The number of anilines is 1. The van der Waals surface area contributed by atoms with Crippen molar-refractivity contribution in [2.45, 2.75) is 6.42 Å². The van der Waals surface area contributed by atoms with E-state index in [2.05, 4.69) is 11.8 Å². The van der Waals surface area contributed by atoms with Crippen LogP contribution < -0.4 is 5.73 Å². The molecule has 3 N–H and O–H groups in total. The van der Waals surface area contributed by atoms with Gasteiger partial charge < -0.3 is 10.8 Å². The summed E-state index contributed by atoms with van der Waals surface area (Å²) in [6.07, 6.45) is 0.371. The van der Waals surface area contributed by atoms with Gasteiger partial charge in [0.2, 0.25) is 0 Å². The van der Waals surface area contributed by atoms with Crippen LogP contribution in [0, 0.1) is 17.7 Å². The van der Waals surface area contributed by atoms with Gasteiger partial charge in [0.25, 0.3) is 0 Å². The monoisotopic (exact) mass is 179 g/mol. The van der Waals surface area contributed by atoms with Crippen LogP contribution in [-0.2, 0) is 0 Å². The summed E-state index contributed by atoms with van der Waals surface area (Å²) in [6, 6.07) is 4.03. The minimum Gasteiger partial charge on any atom is -0.398 e. The second-order valence-corrected chi connectivity index (χ2v) is 2.51. The number of halogens is 1. The summed E-state index contributed by atoms with van der Waals surface area (Å²) < 4.78 is 12.7. The van der Waals surface area contributed by atoms with Crippen molar-refractivity contribution in [3.8, 4) is 11.8 Å². The Labute approximate surface area is 76.2 Å². The molecule has 68 valence electrons. The molecule has 0 unspecified atom stereocenters. The second-order valence-electron chi connectivity index (χ2n) is 2.51. The molecular formula is C10H10FNO. The minimum absolute atomic E-state index is 0.00220. The summed E-state index contributed by atoms with van der Waals surface area (Å²) in [4.78, 5) is 0. The van der Waals surface area contributed by atoms with Crippen LogP contribution in [0.4, 0.5) is 10.1 Å². The summed E-state index contributed by atoms with van der Waals surface area (Å²) in [5.74, 6) is 4.99. The van der Waals surface area contributed by atoms with E-state index in [1.54, 1.807) is 0 Å². The van der Waals surface area contributed by atoms with E-state index in [0.717, 1.165) is 0 Å². The highest BCUT2D eigenvalue weighted by atomic mass is 19.1. The van der Waals surface area contributed by atoms with Crippen molar-refractivity contribution in [2.75, 3.05) is 12.3 Å². The van der Waals surface area contributed by atoms with Crippen LogP contribution in [0.3, 0.4) is 0 Å². The maximum atomic E-state index is 12.7. The van der Waals surface area contributed by atoms with Crippen molar-refractivity contribution >= 4 is 5.69 Å². The Morgan fingerprint density at radius 3 is 2.92 bits per heavy atom. The van der Waals surface area contributed by atoms with Gasteiger partial charge in [-0.3, -0.25) is 0 Å². The lowest BCUT2D eigenvalue weighted by molar-refractivity contribution is 0.305. The standard InChI is InChI=1S/C10H10FNO/c11-9-4-5-10(12)8(7-9)3-1-2-6-13/h4-5,7,13H,2,6,12H2. The van der Waals surface area contributed by atoms with Gasteiger partial charge in [0.15, 0.2) is 0 Å². The average Bonchev–Trinajstić information content (AvgIpc) is 2.11. The fraction of sp³-hybridized carbons (Fsp3) is 0.200. The van der Waals surface area contributed by atoms with Crippen molar-refractivity contribution in [1.29, 1.82) is 0 Å². The van der Waals surface area contributed by atoms with Gasteiger partial charge in [-0.1, -0.05) is 11.8 Å². The van der Waals surface area contributed by atoms with E-state index in [9.17, 15) is 4.39 Å². The molecule has 0 spiro atoms. The number of aliphatic hydroxyl groups excluding tert-OH is 1. The predicted molar refractivity (Wildman–Crippen MR) is 49.4 cm³/mol. The van der Waals surface area contributed by atoms with Crippen molar-refractivity contribution in [3.63, 3.8) is 0 Å². The topological polar surface area (TPSA) is 46.2 Å². The minimum atomic E-state index is -0.359. The molecule has 0 fully saturated rings. The molecule has 2 nitrogen and oxygen atoms in total. The van der Waals surface area contributed by atoms with E-state index >= 15 is 0 Å². The zero-order chi connectivity index (χ0) is 9.68. The number of rotatable bonds is 1. The highest BCUT2D eigenvalue weighted by molar-refractivity contribution is 5.55. The van der Waals surface area contributed by atoms with Crippen molar-refractivity contribution < 1.29 is 9.50 Å². The molecule has 0 aliphatic rings. The lowest BCUT2D eigenvalue weighted by Gasteiger charge is -1.96. The molecular weight excluding hydrogens is 169 g/mol. The molecule has 0 heterocycles. The van der Waals surface area contributed by atoms with Crippen molar-refractivity contribution in [3.05, 3.63) is 29.6 Å². The number of hydrogen-bond donors (Lipinski definition) is 2. The van der Waals surface area contributed by atoms with Gasteiger partial charge >= 0.3 is 0 Å². The molecule has 0 amide bonds. The molecule has 0 aliphatic carbocycles. The fourth-order valence-corrected chi connectivity index (χ4v) is 0.850.